The molecule has 4 rings (SSSR count). The Kier molecular flexibility index (Phi) is 4.55. The summed E-state index contributed by atoms with van der Waals surface area (Å²) in [5, 5.41) is 1.08. The second kappa shape index (κ2) is 7.16. The molecule has 0 fully saturated rings. The van der Waals surface area contributed by atoms with Crippen LogP contribution in [0.25, 0.3) is 22.0 Å². The maximum Gasteiger partial charge on any atom is 0.211 e. The Morgan fingerprint density at radius 3 is 2.15 bits per heavy atom. The summed E-state index contributed by atoms with van der Waals surface area (Å²) in [6.07, 6.45) is 0. The number of nitrogens with zero attached hydrogens (tertiary/aromatic N) is 1. The van der Waals surface area contributed by atoms with Gasteiger partial charge in [-0.15, -0.1) is 0 Å². The molecule has 0 bridgehead atoms. The van der Waals surface area contributed by atoms with Crippen molar-refractivity contribution in [2.24, 2.45) is 0 Å². The van der Waals surface area contributed by atoms with Gasteiger partial charge in [0.05, 0.1) is 5.52 Å². The third kappa shape index (κ3) is 3.39. The highest BCUT2D eigenvalue weighted by Gasteiger charge is 2.15. The molecule has 0 saturated heterocycles. The SMILES string of the molecule is CC(C)c1ccc2nc(C(=O)c3ccccc3)cc(-c3ccccc3)c2c1. The molecule has 3 aromatic carbocycles. The number of aromatic nitrogens is 1. The molecule has 0 amide bonds. The van der Waals surface area contributed by atoms with Crippen LogP contribution in [-0.4, -0.2) is 10.8 Å². The molecular weight excluding hydrogens is 330 g/mol. The zero-order valence-electron chi connectivity index (χ0n) is 15.5. The molecule has 0 spiro atoms. The minimum Gasteiger partial charge on any atom is -0.287 e. The van der Waals surface area contributed by atoms with E-state index >= 15 is 0 Å². The standard InChI is InChI=1S/C25H21NO/c1-17(2)20-13-14-23-22(15-20)21(18-9-5-3-6-10-18)16-24(26-23)25(27)19-11-7-4-8-12-19/h3-17H,1-2H3. The van der Waals surface area contributed by atoms with Gasteiger partial charge in [-0.3, -0.25) is 4.79 Å². The molecule has 0 aliphatic carbocycles. The van der Waals surface area contributed by atoms with Gasteiger partial charge < -0.3 is 0 Å². The first-order chi connectivity index (χ1) is 13.1. The largest absolute Gasteiger partial charge is 0.287 e. The predicted octanol–water partition coefficient (Wildman–Crippen LogP) is 6.26. The van der Waals surface area contributed by atoms with Crippen molar-refractivity contribution in [3.63, 3.8) is 0 Å². The highest BCUT2D eigenvalue weighted by Crippen LogP contribution is 2.31. The molecule has 1 heterocycles. The monoisotopic (exact) mass is 351 g/mol. The van der Waals surface area contributed by atoms with Gasteiger partial charge in [0.25, 0.3) is 0 Å². The second-order valence-corrected chi connectivity index (χ2v) is 7.05. The fraction of sp³-hybridized carbons (Fsp3) is 0.120. The van der Waals surface area contributed by atoms with Crippen LogP contribution in [0.1, 0.15) is 41.4 Å². The van der Waals surface area contributed by atoms with E-state index in [-0.39, 0.29) is 5.78 Å². The second-order valence-electron chi connectivity index (χ2n) is 7.05. The number of hydrogen-bond donors (Lipinski definition) is 0. The summed E-state index contributed by atoms with van der Waals surface area (Å²) >= 11 is 0. The van der Waals surface area contributed by atoms with E-state index in [0.29, 0.717) is 17.2 Å². The summed E-state index contributed by atoms with van der Waals surface area (Å²) < 4.78 is 0. The Morgan fingerprint density at radius 1 is 0.815 bits per heavy atom. The lowest BCUT2D eigenvalue weighted by Gasteiger charge is -2.13. The fourth-order valence-corrected chi connectivity index (χ4v) is 3.31. The van der Waals surface area contributed by atoms with Gasteiger partial charge in [-0.2, -0.15) is 0 Å². The molecule has 0 aliphatic heterocycles. The van der Waals surface area contributed by atoms with Crippen LogP contribution in [0, 0.1) is 0 Å². The van der Waals surface area contributed by atoms with Gasteiger partial charge in [0.1, 0.15) is 5.69 Å². The average Bonchev–Trinajstić information content (AvgIpc) is 2.73. The number of rotatable bonds is 4. The highest BCUT2D eigenvalue weighted by molar-refractivity contribution is 6.10. The van der Waals surface area contributed by atoms with E-state index in [0.717, 1.165) is 22.0 Å². The van der Waals surface area contributed by atoms with E-state index in [2.05, 4.69) is 43.1 Å². The summed E-state index contributed by atoms with van der Waals surface area (Å²) in [7, 11) is 0. The molecule has 2 heteroatoms. The van der Waals surface area contributed by atoms with E-state index in [1.807, 2.05) is 60.7 Å². The van der Waals surface area contributed by atoms with Gasteiger partial charge in [0.15, 0.2) is 0 Å². The maximum atomic E-state index is 13.0. The van der Waals surface area contributed by atoms with Gasteiger partial charge in [-0.25, -0.2) is 4.98 Å². The summed E-state index contributed by atoms with van der Waals surface area (Å²) in [6, 6.07) is 27.8. The number of fused-ring (bicyclic) bond motifs is 1. The van der Waals surface area contributed by atoms with Crippen molar-refractivity contribution in [3.8, 4) is 11.1 Å². The van der Waals surface area contributed by atoms with Crippen LogP contribution < -0.4 is 0 Å². The van der Waals surface area contributed by atoms with E-state index in [1.54, 1.807) is 0 Å². The molecule has 0 radical (unpaired) electrons. The molecule has 4 aromatic rings. The van der Waals surface area contributed by atoms with Gasteiger partial charge in [0.2, 0.25) is 5.78 Å². The molecule has 27 heavy (non-hydrogen) atoms. The topological polar surface area (TPSA) is 30.0 Å². The lowest BCUT2D eigenvalue weighted by atomic mass is 9.94. The Hall–Kier alpha value is -3.26. The smallest absolute Gasteiger partial charge is 0.211 e. The molecule has 2 nitrogen and oxygen atoms in total. The minimum atomic E-state index is -0.0531. The first-order valence-electron chi connectivity index (χ1n) is 9.23. The highest BCUT2D eigenvalue weighted by atomic mass is 16.1. The van der Waals surface area contributed by atoms with Crippen molar-refractivity contribution in [1.82, 2.24) is 4.98 Å². The summed E-state index contributed by atoms with van der Waals surface area (Å²) in [5.74, 6) is 0.381. The van der Waals surface area contributed by atoms with E-state index in [9.17, 15) is 4.79 Å². The minimum absolute atomic E-state index is 0.0531. The molecule has 0 unspecified atom stereocenters. The fourth-order valence-electron chi connectivity index (χ4n) is 3.31. The lowest BCUT2D eigenvalue weighted by Crippen LogP contribution is -2.05. The third-order valence-electron chi connectivity index (χ3n) is 4.85. The molecule has 1 aromatic heterocycles. The van der Waals surface area contributed by atoms with Crippen molar-refractivity contribution in [2.75, 3.05) is 0 Å². The Balaban J connectivity index is 1.95. The third-order valence-corrected chi connectivity index (χ3v) is 4.85. The Bertz CT molecular complexity index is 1100. The lowest BCUT2D eigenvalue weighted by molar-refractivity contribution is 0.103. The van der Waals surface area contributed by atoms with Crippen molar-refractivity contribution >= 4 is 16.7 Å². The van der Waals surface area contributed by atoms with Crippen LogP contribution in [0.3, 0.4) is 0 Å². The number of carbonyl (C=O) groups is 1. The van der Waals surface area contributed by atoms with Gasteiger partial charge >= 0.3 is 0 Å². The number of hydrogen-bond acceptors (Lipinski definition) is 2. The van der Waals surface area contributed by atoms with Crippen molar-refractivity contribution < 1.29 is 4.79 Å². The van der Waals surface area contributed by atoms with E-state index in [4.69, 9.17) is 0 Å². The van der Waals surface area contributed by atoms with Crippen LogP contribution in [0.4, 0.5) is 0 Å². The zero-order valence-corrected chi connectivity index (χ0v) is 15.5. The normalized spacial score (nSPS) is 11.1. The molecular formula is C25H21NO. The van der Waals surface area contributed by atoms with Crippen LogP contribution >= 0.6 is 0 Å². The number of pyridine rings is 1. The number of carbonyl (C=O) groups excluding carboxylic acids is 1. The van der Waals surface area contributed by atoms with Crippen molar-refractivity contribution in [3.05, 3.63) is 102 Å². The first kappa shape index (κ1) is 17.2. The summed E-state index contributed by atoms with van der Waals surface area (Å²) in [4.78, 5) is 17.7. The van der Waals surface area contributed by atoms with Gasteiger partial charge in [0, 0.05) is 10.9 Å². The van der Waals surface area contributed by atoms with Crippen LogP contribution in [0.15, 0.2) is 84.9 Å². The summed E-state index contributed by atoms with van der Waals surface area (Å²) in [5.41, 5.74) is 5.38. The molecule has 0 N–H and O–H groups in total. The van der Waals surface area contributed by atoms with Crippen molar-refractivity contribution in [1.29, 1.82) is 0 Å². The Labute approximate surface area is 159 Å². The molecule has 132 valence electrons. The van der Waals surface area contributed by atoms with Crippen LogP contribution in [0.5, 0.6) is 0 Å². The van der Waals surface area contributed by atoms with Crippen LogP contribution in [0.2, 0.25) is 0 Å². The molecule has 0 atom stereocenters. The predicted molar refractivity (Wildman–Crippen MR) is 111 cm³/mol. The summed E-state index contributed by atoms with van der Waals surface area (Å²) in [6.45, 7) is 4.37. The number of benzene rings is 3. The van der Waals surface area contributed by atoms with Crippen LogP contribution in [-0.2, 0) is 0 Å². The van der Waals surface area contributed by atoms with Gasteiger partial charge in [-0.05, 0) is 40.8 Å². The molecule has 0 saturated carbocycles. The van der Waals surface area contributed by atoms with E-state index in [1.165, 1.54) is 5.56 Å². The maximum absolute atomic E-state index is 13.0. The van der Waals surface area contributed by atoms with Crippen molar-refractivity contribution in [2.45, 2.75) is 19.8 Å². The molecule has 0 aliphatic rings. The Morgan fingerprint density at radius 2 is 1.48 bits per heavy atom. The van der Waals surface area contributed by atoms with E-state index < -0.39 is 0 Å². The first-order valence-corrected chi connectivity index (χ1v) is 9.23. The van der Waals surface area contributed by atoms with Gasteiger partial charge in [-0.1, -0.05) is 80.6 Å². The zero-order chi connectivity index (χ0) is 18.8. The quantitative estimate of drug-likeness (QED) is 0.406. The number of ketones is 1. The average molecular weight is 351 g/mol.